The average molecular weight is 352 g/mol. The van der Waals surface area contributed by atoms with Crippen molar-refractivity contribution in [1.29, 1.82) is 0 Å². The van der Waals surface area contributed by atoms with Crippen LogP contribution in [0.2, 0.25) is 0 Å². The summed E-state index contributed by atoms with van der Waals surface area (Å²) < 4.78 is 0. The number of rotatable bonds is 5. The van der Waals surface area contributed by atoms with E-state index in [1.54, 1.807) is 16.2 Å². The first-order chi connectivity index (χ1) is 10.6. The van der Waals surface area contributed by atoms with Crippen LogP contribution in [0.25, 0.3) is 10.4 Å². The lowest BCUT2D eigenvalue weighted by molar-refractivity contribution is 0.0714. The van der Waals surface area contributed by atoms with Crippen LogP contribution in [0.1, 0.15) is 28.3 Å². The summed E-state index contributed by atoms with van der Waals surface area (Å²) in [6.07, 6.45) is 2.34. The minimum absolute atomic E-state index is 0. The Hall–Kier alpha value is -1.43. The molecule has 0 spiro atoms. The summed E-state index contributed by atoms with van der Waals surface area (Å²) in [7, 11) is 1.85. The number of halogens is 1. The van der Waals surface area contributed by atoms with Crippen LogP contribution < -0.4 is 5.73 Å². The van der Waals surface area contributed by atoms with E-state index in [1.165, 1.54) is 12.8 Å². The highest BCUT2D eigenvalue weighted by molar-refractivity contribution is 7.15. The molecule has 1 fully saturated rings. The average Bonchev–Trinajstić information content (AvgIpc) is 3.29. The zero-order valence-electron chi connectivity index (χ0n) is 13.4. The molecule has 1 amide bonds. The van der Waals surface area contributed by atoms with E-state index in [4.69, 9.17) is 5.73 Å². The number of thiazole rings is 1. The third kappa shape index (κ3) is 3.74. The van der Waals surface area contributed by atoms with E-state index in [-0.39, 0.29) is 24.4 Å². The maximum atomic E-state index is 12.9. The van der Waals surface area contributed by atoms with Gasteiger partial charge in [-0.1, -0.05) is 30.3 Å². The molecule has 1 aromatic heterocycles. The largest absolute Gasteiger partial charge is 0.336 e. The van der Waals surface area contributed by atoms with Crippen molar-refractivity contribution in [1.82, 2.24) is 9.88 Å². The van der Waals surface area contributed by atoms with Gasteiger partial charge in [0, 0.05) is 19.6 Å². The molecule has 2 N–H and O–H groups in total. The maximum absolute atomic E-state index is 12.9. The fraction of sp³-hybridized carbons (Fsp3) is 0.412. The molecule has 0 radical (unpaired) electrons. The second kappa shape index (κ2) is 7.43. The lowest BCUT2D eigenvalue weighted by Crippen LogP contribution is -2.43. The van der Waals surface area contributed by atoms with Gasteiger partial charge in [-0.2, -0.15) is 0 Å². The molecule has 0 aliphatic heterocycles. The summed E-state index contributed by atoms with van der Waals surface area (Å²) in [4.78, 5) is 20.1. The number of likely N-dealkylation sites (N-methyl/N-ethyl adjacent to an activating group) is 1. The van der Waals surface area contributed by atoms with Crippen molar-refractivity contribution in [3.05, 3.63) is 41.0 Å². The van der Waals surface area contributed by atoms with Gasteiger partial charge in [0.15, 0.2) is 0 Å². The summed E-state index contributed by atoms with van der Waals surface area (Å²) in [6.45, 7) is 2.45. The molecule has 1 atom stereocenters. The Balaban J connectivity index is 0.00000192. The molecule has 4 nitrogen and oxygen atoms in total. The number of nitrogens with zero attached hydrogens (tertiary/aromatic N) is 2. The van der Waals surface area contributed by atoms with E-state index >= 15 is 0 Å². The highest BCUT2D eigenvalue weighted by atomic mass is 35.5. The molecule has 23 heavy (non-hydrogen) atoms. The first-order valence-corrected chi connectivity index (χ1v) is 8.43. The predicted molar refractivity (Wildman–Crippen MR) is 97.2 cm³/mol. The van der Waals surface area contributed by atoms with E-state index < -0.39 is 0 Å². The minimum Gasteiger partial charge on any atom is -0.336 e. The fourth-order valence-corrected chi connectivity index (χ4v) is 3.74. The van der Waals surface area contributed by atoms with Gasteiger partial charge in [-0.25, -0.2) is 4.98 Å². The van der Waals surface area contributed by atoms with E-state index in [0.29, 0.717) is 18.2 Å². The topological polar surface area (TPSA) is 59.2 Å². The van der Waals surface area contributed by atoms with Crippen molar-refractivity contribution >= 4 is 29.7 Å². The number of nitrogens with two attached hydrogens (primary N) is 1. The molecule has 0 bridgehead atoms. The molecule has 3 rings (SSSR count). The lowest BCUT2D eigenvalue weighted by Gasteiger charge is -2.26. The Kier molecular flexibility index (Phi) is 5.79. The number of benzene rings is 1. The van der Waals surface area contributed by atoms with Crippen molar-refractivity contribution in [3.8, 4) is 10.4 Å². The van der Waals surface area contributed by atoms with Crippen LogP contribution in [-0.2, 0) is 0 Å². The third-order valence-electron chi connectivity index (χ3n) is 4.20. The van der Waals surface area contributed by atoms with Gasteiger partial charge in [0.05, 0.1) is 9.88 Å². The molecular weight excluding hydrogens is 330 g/mol. The number of carbonyl (C=O) groups excluding carboxylic acids is 1. The van der Waals surface area contributed by atoms with Crippen molar-refractivity contribution in [2.75, 3.05) is 13.6 Å². The Morgan fingerprint density at radius 1 is 1.39 bits per heavy atom. The molecular formula is C17H22ClN3OS. The zero-order valence-corrected chi connectivity index (χ0v) is 15.0. The van der Waals surface area contributed by atoms with Crippen LogP contribution in [0.3, 0.4) is 0 Å². The minimum atomic E-state index is -0.0226. The van der Waals surface area contributed by atoms with Gasteiger partial charge < -0.3 is 10.6 Å². The van der Waals surface area contributed by atoms with E-state index in [9.17, 15) is 4.79 Å². The zero-order chi connectivity index (χ0) is 15.7. The number of aryl methyl sites for hydroxylation is 1. The first-order valence-electron chi connectivity index (χ1n) is 7.62. The molecule has 1 unspecified atom stereocenters. The summed E-state index contributed by atoms with van der Waals surface area (Å²) in [6, 6.07) is 10.1. The molecule has 1 aliphatic carbocycles. The number of aromatic nitrogens is 1. The van der Waals surface area contributed by atoms with E-state index in [0.717, 1.165) is 15.4 Å². The number of amides is 1. The van der Waals surface area contributed by atoms with Gasteiger partial charge in [-0.3, -0.25) is 4.79 Å². The van der Waals surface area contributed by atoms with Crippen molar-refractivity contribution in [3.63, 3.8) is 0 Å². The van der Waals surface area contributed by atoms with Crippen LogP contribution in [-0.4, -0.2) is 35.4 Å². The van der Waals surface area contributed by atoms with Gasteiger partial charge in [-0.05, 0) is 31.2 Å². The second-order valence-corrected chi connectivity index (χ2v) is 7.04. The SMILES string of the molecule is Cc1nc(C(=O)N(C)C(CN)C2CC2)c(-c2ccccc2)s1.Cl. The molecule has 2 aromatic rings. The van der Waals surface area contributed by atoms with E-state index in [2.05, 4.69) is 4.98 Å². The van der Waals surface area contributed by atoms with Crippen molar-refractivity contribution in [2.45, 2.75) is 25.8 Å². The molecule has 1 saturated carbocycles. The van der Waals surface area contributed by atoms with Crippen LogP contribution in [0.15, 0.2) is 30.3 Å². The summed E-state index contributed by atoms with van der Waals surface area (Å²) in [5.74, 6) is 0.532. The summed E-state index contributed by atoms with van der Waals surface area (Å²) in [5, 5.41) is 0.909. The predicted octanol–water partition coefficient (Wildman–Crippen LogP) is 3.35. The van der Waals surface area contributed by atoms with Gasteiger partial charge in [0.1, 0.15) is 5.69 Å². The molecule has 124 valence electrons. The van der Waals surface area contributed by atoms with Gasteiger partial charge in [-0.15, -0.1) is 23.7 Å². The summed E-state index contributed by atoms with van der Waals surface area (Å²) in [5.41, 5.74) is 7.47. The maximum Gasteiger partial charge on any atom is 0.274 e. The Morgan fingerprint density at radius 3 is 2.61 bits per heavy atom. The van der Waals surface area contributed by atoms with Gasteiger partial charge >= 0.3 is 0 Å². The van der Waals surface area contributed by atoms with Crippen LogP contribution >= 0.6 is 23.7 Å². The third-order valence-corrected chi connectivity index (χ3v) is 5.22. The standard InChI is InChI=1S/C17H21N3OS.ClH/c1-11-19-15(16(22-11)13-6-4-3-5-7-13)17(21)20(2)14(10-18)12-8-9-12;/h3-7,12,14H,8-10,18H2,1-2H3;1H. The van der Waals surface area contributed by atoms with Crippen LogP contribution in [0, 0.1) is 12.8 Å². The molecule has 1 aromatic carbocycles. The first kappa shape index (κ1) is 17.9. The summed E-state index contributed by atoms with van der Waals surface area (Å²) >= 11 is 1.57. The van der Waals surface area contributed by atoms with Gasteiger partial charge in [0.2, 0.25) is 0 Å². The molecule has 1 heterocycles. The van der Waals surface area contributed by atoms with Crippen LogP contribution in [0.5, 0.6) is 0 Å². The lowest BCUT2D eigenvalue weighted by atomic mass is 10.1. The number of hydrogen-bond donors (Lipinski definition) is 1. The van der Waals surface area contributed by atoms with Crippen LogP contribution in [0.4, 0.5) is 0 Å². The Morgan fingerprint density at radius 2 is 2.04 bits per heavy atom. The highest BCUT2D eigenvalue weighted by Gasteiger charge is 2.36. The fourth-order valence-electron chi connectivity index (χ4n) is 2.82. The molecule has 1 aliphatic rings. The normalized spacial score (nSPS) is 14.9. The Labute approximate surface area is 147 Å². The Bertz CT molecular complexity index is 670. The number of hydrogen-bond acceptors (Lipinski definition) is 4. The van der Waals surface area contributed by atoms with Crippen molar-refractivity contribution in [2.24, 2.45) is 11.7 Å². The molecule has 0 saturated heterocycles. The molecule has 6 heteroatoms. The van der Waals surface area contributed by atoms with Crippen molar-refractivity contribution < 1.29 is 4.79 Å². The quantitative estimate of drug-likeness (QED) is 0.898. The highest BCUT2D eigenvalue weighted by Crippen LogP contribution is 2.36. The smallest absolute Gasteiger partial charge is 0.274 e. The second-order valence-electron chi connectivity index (χ2n) is 5.83. The number of carbonyl (C=O) groups is 1. The van der Waals surface area contributed by atoms with Gasteiger partial charge in [0.25, 0.3) is 5.91 Å². The van der Waals surface area contributed by atoms with E-state index in [1.807, 2.05) is 44.3 Å². The monoisotopic (exact) mass is 351 g/mol.